The highest BCUT2D eigenvalue weighted by molar-refractivity contribution is 5.65. The van der Waals surface area contributed by atoms with Crippen LogP contribution < -0.4 is 15.8 Å². The van der Waals surface area contributed by atoms with E-state index in [2.05, 4.69) is 22.2 Å². The number of anilines is 2. The smallest absolute Gasteiger partial charge is 0.180 e. The molecule has 0 radical (unpaired) electrons. The lowest BCUT2D eigenvalue weighted by atomic mass is 10.1. The van der Waals surface area contributed by atoms with Crippen LogP contribution in [-0.4, -0.2) is 21.5 Å². The summed E-state index contributed by atoms with van der Waals surface area (Å²) in [4.78, 5) is 8.63. The topological polar surface area (TPSA) is 77.5 Å². The molecule has 3 aromatic rings. The van der Waals surface area contributed by atoms with E-state index >= 15 is 0 Å². The van der Waals surface area contributed by atoms with Crippen molar-refractivity contribution in [2.24, 2.45) is 0 Å². The molecule has 21 heavy (non-hydrogen) atoms. The molecule has 1 unspecified atom stereocenters. The molecule has 0 amide bonds. The zero-order chi connectivity index (χ0) is 14.8. The van der Waals surface area contributed by atoms with Crippen LogP contribution in [0.2, 0.25) is 0 Å². The van der Waals surface area contributed by atoms with Crippen LogP contribution in [0, 0.1) is 0 Å². The molecule has 6 heteroatoms. The van der Waals surface area contributed by atoms with Gasteiger partial charge in [-0.2, -0.15) is 0 Å². The normalized spacial score (nSPS) is 12.3. The molecule has 0 aliphatic heterocycles. The number of nitrogens with two attached hydrogens (primary N) is 1. The van der Waals surface area contributed by atoms with Crippen molar-refractivity contribution in [1.29, 1.82) is 0 Å². The van der Waals surface area contributed by atoms with Crippen molar-refractivity contribution < 1.29 is 4.74 Å². The van der Waals surface area contributed by atoms with E-state index in [1.165, 1.54) is 0 Å². The van der Waals surface area contributed by atoms with Gasteiger partial charge in [0.25, 0.3) is 0 Å². The van der Waals surface area contributed by atoms with E-state index in [1.807, 2.05) is 34.9 Å². The SMILES string of the molecule is COc1ccc(C(C)Nc2nc(N)cn3ccnc23)cc1. The molecule has 2 aromatic heterocycles. The number of benzene rings is 1. The van der Waals surface area contributed by atoms with Gasteiger partial charge in [-0.1, -0.05) is 12.1 Å². The lowest BCUT2D eigenvalue weighted by molar-refractivity contribution is 0.414. The van der Waals surface area contributed by atoms with Crippen molar-refractivity contribution in [2.75, 3.05) is 18.2 Å². The molecule has 6 nitrogen and oxygen atoms in total. The van der Waals surface area contributed by atoms with Gasteiger partial charge in [0.05, 0.1) is 19.3 Å². The lowest BCUT2D eigenvalue weighted by Crippen LogP contribution is -2.10. The summed E-state index contributed by atoms with van der Waals surface area (Å²) in [6, 6.07) is 7.99. The number of aromatic nitrogens is 3. The van der Waals surface area contributed by atoms with Gasteiger partial charge in [0.15, 0.2) is 11.5 Å². The second-order valence-electron chi connectivity index (χ2n) is 4.81. The fourth-order valence-electron chi connectivity index (χ4n) is 2.23. The van der Waals surface area contributed by atoms with Crippen LogP contribution in [0.25, 0.3) is 5.65 Å². The van der Waals surface area contributed by atoms with Crippen LogP contribution in [0.1, 0.15) is 18.5 Å². The Kier molecular flexibility index (Phi) is 3.35. The van der Waals surface area contributed by atoms with E-state index in [-0.39, 0.29) is 6.04 Å². The summed E-state index contributed by atoms with van der Waals surface area (Å²) < 4.78 is 7.02. The Hall–Kier alpha value is -2.76. The molecule has 3 N–H and O–H groups in total. The van der Waals surface area contributed by atoms with E-state index in [9.17, 15) is 0 Å². The minimum absolute atomic E-state index is 0.0747. The molecule has 0 fully saturated rings. The average molecular weight is 283 g/mol. The Bertz CT molecular complexity index is 750. The fourth-order valence-corrected chi connectivity index (χ4v) is 2.23. The number of nitrogens with zero attached hydrogens (tertiary/aromatic N) is 3. The summed E-state index contributed by atoms with van der Waals surface area (Å²) in [5.74, 6) is 1.96. The van der Waals surface area contributed by atoms with Gasteiger partial charge >= 0.3 is 0 Å². The number of methoxy groups -OCH3 is 1. The van der Waals surface area contributed by atoms with Gasteiger partial charge in [-0.25, -0.2) is 9.97 Å². The molecule has 0 aliphatic carbocycles. The van der Waals surface area contributed by atoms with Crippen LogP contribution in [0.3, 0.4) is 0 Å². The second-order valence-corrected chi connectivity index (χ2v) is 4.81. The largest absolute Gasteiger partial charge is 0.497 e. The highest BCUT2D eigenvalue weighted by Crippen LogP contribution is 2.23. The molecule has 0 saturated carbocycles. The first kappa shape index (κ1) is 13.2. The molecule has 0 bridgehead atoms. The van der Waals surface area contributed by atoms with Crippen molar-refractivity contribution >= 4 is 17.3 Å². The predicted octanol–water partition coefficient (Wildman–Crippen LogP) is 2.49. The Labute approximate surface area is 122 Å². The van der Waals surface area contributed by atoms with Crippen LogP contribution in [0.4, 0.5) is 11.6 Å². The minimum Gasteiger partial charge on any atom is -0.497 e. The summed E-state index contributed by atoms with van der Waals surface area (Å²) >= 11 is 0. The summed E-state index contributed by atoms with van der Waals surface area (Å²) in [5, 5.41) is 3.35. The first-order chi connectivity index (χ1) is 10.2. The van der Waals surface area contributed by atoms with Gasteiger partial charge in [0.2, 0.25) is 0 Å². The Balaban J connectivity index is 1.88. The molecule has 0 aliphatic rings. The van der Waals surface area contributed by atoms with Crippen LogP contribution in [0.5, 0.6) is 5.75 Å². The van der Waals surface area contributed by atoms with E-state index in [4.69, 9.17) is 10.5 Å². The number of hydrogen-bond acceptors (Lipinski definition) is 5. The Morgan fingerprint density at radius 3 is 2.76 bits per heavy atom. The second kappa shape index (κ2) is 5.32. The summed E-state index contributed by atoms with van der Waals surface area (Å²) in [6.07, 6.45) is 5.31. The first-order valence-corrected chi connectivity index (χ1v) is 6.67. The van der Waals surface area contributed by atoms with E-state index in [0.717, 1.165) is 17.0 Å². The van der Waals surface area contributed by atoms with Gasteiger partial charge in [0.1, 0.15) is 11.6 Å². The number of nitrogen functional groups attached to an aromatic ring is 1. The van der Waals surface area contributed by atoms with E-state index in [1.54, 1.807) is 19.5 Å². The number of fused-ring (bicyclic) bond motifs is 1. The predicted molar refractivity (Wildman–Crippen MR) is 82.4 cm³/mol. The molecular weight excluding hydrogens is 266 g/mol. The maximum Gasteiger partial charge on any atom is 0.180 e. The van der Waals surface area contributed by atoms with Gasteiger partial charge < -0.3 is 20.2 Å². The molecule has 0 saturated heterocycles. The quantitative estimate of drug-likeness (QED) is 0.769. The zero-order valence-electron chi connectivity index (χ0n) is 11.9. The average Bonchev–Trinajstić information content (AvgIpc) is 2.95. The minimum atomic E-state index is 0.0747. The number of rotatable bonds is 4. The molecular formula is C15H17N5O. The third-order valence-corrected chi connectivity index (χ3v) is 3.36. The van der Waals surface area contributed by atoms with Crippen molar-refractivity contribution in [1.82, 2.24) is 14.4 Å². The highest BCUT2D eigenvalue weighted by atomic mass is 16.5. The molecule has 1 aromatic carbocycles. The molecule has 2 heterocycles. The van der Waals surface area contributed by atoms with Gasteiger partial charge in [-0.05, 0) is 24.6 Å². The van der Waals surface area contributed by atoms with Crippen LogP contribution in [-0.2, 0) is 0 Å². The van der Waals surface area contributed by atoms with Crippen molar-refractivity contribution in [2.45, 2.75) is 13.0 Å². The Morgan fingerprint density at radius 1 is 1.29 bits per heavy atom. The third kappa shape index (κ3) is 2.60. The maximum absolute atomic E-state index is 5.82. The van der Waals surface area contributed by atoms with Gasteiger partial charge in [-0.15, -0.1) is 0 Å². The number of imidazole rings is 1. The fraction of sp³-hybridized carbons (Fsp3) is 0.200. The molecule has 1 atom stereocenters. The monoisotopic (exact) mass is 283 g/mol. The standard InChI is InChI=1S/C15H17N5O/c1-10(11-3-5-12(21-2)6-4-11)18-14-15-17-7-8-20(15)9-13(16)19-14/h3-10H,16H2,1-2H3,(H,18,19). The third-order valence-electron chi connectivity index (χ3n) is 3.36. The van der Waals surface area contributed by atoms with Gasteiger partial charge in [-0.3, -0.25) is 0 Å². The molecule has 0 spiro atoms. The zero-order valence-corrected chi connectivity index (χ0v) is 11.9. The van der Waals surface area contributed by atoms with E-state index < -0.39 is 0 Å². The van der Waals surface area contributed by atoms with Crippen LogP contribution >= 0.6 is 0 Å². The number of hydrogen-bond donors (Lipinski definition) is 2. The number of nitrogens with one attached hydrogen (secondary N) is 1. The Morgan fingerprint density at radius 2 is 2.05 bits per heavy atom. The van der Waals surface area contributed by atoms with Crippen molar-refractivity contribution in [3.8, 4) is 5.75 Å². The van der Waals surface area contributed by atoms with E-state index in [0.29, 0.717) is 11.6 Å². The summed E-state index contributed by atoms with van der Waals surface area (Å²) in [5.41, 5.74) is 7.70. The maximum atomic E-state index is 5.82. The van der Waals surface area contributed by atoms with Crippen molar-refractivity contribution in [3.05, 3.63) is 48.4 Å². The van der Waals surface area contributed by atoms with Gasteiger partial charge in [0, 0.05) is 12.4 Å². The molecule has 108 valence electrons. The lowest BCUT2D eigenvalue weighted by Gasteiger charge is -2.16. The molecule has 3 rings (SSSR count). The summed E-state index contributed by atoms with van der Waals surface area (Å²) in [7, 11) is 1.66. The summed E-state index contributed by atoms with van der Waals surface area (Å²) in [6.45, 7) is 2.06. The highest BCUT2D eigenvalue weighted by Gasteiger charge is 2.11. The van der Waals surface area contributed by atoms with Crippen molar-refractivity contribution in [3.63, 3.8) is 0 Å². The first-order valence-electron chi connectivity index (χ1n) is 6.67. The van der Waals surface area contributed by atoms with Crippen LogP contribution in [0.15, 0.2) is 42.9 Å². The number of ether oxygens (including phenoxy) is 1.